The Kier molecular flexibility index (Phi) is 4.54. The second-order valence-corrected chi connectivity index (χ2v) is 6.47. The molecule has 0 aliphatic rings. The van der Waals surface area contributed by atoms with Gasteiger partial charge in [0, 0.05) is 5.69 Å². The fraction of sp³-hybridized carbons (Fsp3) is 0.353. The first-order valence-electron chi connectivity index (χ1n) is 7.42. The highest BCUT2D eigenvalue weighted by Gasteiger charge is 2.24. The second-order valence-electron chi connectivity index (χ2n) is 6.47. The fourth-order valence-electron chi connectivity index (χ4n) is 2.43. The van der Waals surface area contributed by atoms with Crippen LogP contribution in [0.3, 0.4) is 0 Å². The van der Waals surface area contributed by atoms with Crippen molar-refractivity contribution < 1.29 is 9.59 Å². The van der Waals surface area contributed by atoms with Gasteiger partial charge in [0.1, 0.15) is 11.7 Å². The molecule has 0 unspecified atom stereocenters. The number of hydrogen-bond donors (Lipinski definition) is 2. The van der Waals surface area contributed by atoms with Crippen LogP contribution >= 0.6 is 0 Å². The number of aryl methyl sites for hydroxylation is 1. The molecule has 0 spiro atoms. The number of amides is 2. The molecule has 1 atom stereocenters. The lowest BCUT2D eigenvalue weighted by molar-refractivity contribution is -0.120. The number of aromatic nitrogens is 2. The van der Waals surface area contributed by atoms with Crippen molar-refractivity contribution in [3.05, 3.63) is 53.3 Å². The van der Waals surface area contributed by atoms with Crippen LogP contribution in [-0.4, -0.2) is 21.6 Å². The van der Waals surface area contributed by atoms with Crippen molar-refractivity contribution in [1.29, 1.82) is 0 Å². The molecule has 0 bridgehead atoms. The fourth-order valence-corrected chi connectivity index (χ4v) is 2.43. The summed E-state index contributed by atoms with van der Waals surface area (Å²) < 4.78 is 1.78. The van der Waals surface area contributed by atoms with Gasteiger partial charge in [0.2, 0.25) is 5.91 Å². The lowest BCUT2D eigenvalue weighted by Crippen LogP contribution is -2.37. The molecule has 2 rings (SSSR count). The Morgan fingerprint density at radius 3 is 2.30 bits per heavy atom. The summed E-state index contributed by atoms with van der Waals surface area (Å²) in [5.74, 6) is -1.04. The van der Waals surface area contributed by atoms with E-state index in [9.17, 15) is 9.59 Å². The maximum absolute atomic E-state index is 12.4. The van der Waals surface area contributed by atoms with Crippen molar-refractivity contribution in [1.82, 2.24) is 15.1 Å². The highest BCUT2D eigenvalue weighted by atomic mass is 16.2. The Bertz CT molecular complexity index is 714. The van der Waals surface area contributed by atoms with Gasteiger partial charge < -0.3 is 11.1 Å². The molecule has 1 heterocycles. The molecule has 0 saturated heterocycles. The predicted octanol–water partition coefficient (Wildman–Crippen LogP) is 1.90. The van der Waals surface area contributed by atoms with Gasteiger partial charge in [-0.3, -0.25) is 14.3 Å². The average molecular weight is 314 g/mol. The average Bonchev–Trinajstić information content (AvgIpc) is 2.87. The van der Waals surface area contributed by atoms with E-state index in [1.54, 1.807) is 35.0 Å². The van der Waals surface area contributed by atoms with Crippen LogP contribution in [0.5, 0.6) is 0 Å². The summed E-state index contributed by atoms with van der Waals surface area (Å²) in [5, 5.41) is 6.99. The lowest BCUT2D eigenvalue weighted by Gasteiger charge is -2.21. The van der Waals surface area contributed by atoms with Crippen molar-refractivity contribution in [2.75, 3.05) is 0 Å². The summed E-state index contributed by atoms with van der Waals surface area (Å²) >= 11 is 0. The molecule has 0 aliphatic heterocycles. The van der Waals surface area contributed by atoms with E-state index in [2.05, 4.69) is 10.4 Å². The van der Waals surface area contributed by atoms with Gasteiger partial charge in [0.15, 0.2) is 0 Å². The highest BCUT2D eigenvalue weighted by Crippen LogP contribution is 2.18. The molecular weight excluding hydrogens is 292 g/mol. The van der Waals surface area contributed by atoms with Crippen LogP contribution < -0.4 is 11.1 Å². The van der Waals surface area contributed by atoms with Crippen molar-refractivity contribution in [3.8, 4) is 0 Å². The number of primary amides is 1. The van der Waals surface area contributed by atoms with Crippen molar-refractivity contribution >= 4 is 11.8 Å². The van der Waals surface area contributed by atoms with Gasteiger partial charge in [-0.05, 0) is 39.3 Å². The number of carbonyl (C=O) groups excluding carboxylic acids is 2. The third kappa shape index (κ3) is 3.77. The first kappa shape index (κ1) is 16.7. The molecule has 0 aliphatic carbocycles. The van der Waals surface area contributed by atoms with Crippen LogP contribution in [0.2, 0.25) is 0 Å². The molecule has 6 heteroatoms. The van der Waals surface area contributed by atoms with Crippen LogP contribution in [0.25, 0.3) is 0 Å². The number of nitrogens with one attached hydrogen (secondary N) is 1. The van der Waals surface area contributed by atoms with Gasteiger partial charge in [-0.15, -0.1) is 0 Å². The predicted molar refractivity (Wildman–Crippen MR) is 87.8 cm³/mol. The van der Waals surface area contributed by atoms with E-state index >= 15 is 0 Å². The number of carbonyl (C=O) groups is 2. The number of nitrogens with two attached hydrogens (primary N) is 1. The molecule has 1 aromatic heterocycles. The quantitative estimate of drug-likeness (QED) is 0.903. The minimum atomic E-state index is -0.885. The van der Waals surface area contributed by atoms with Crippen molar-refractivity contribution in [3.63, 3.8) is 0 Å². The summed E-state index contributed by atoms with van der Waals surface area (Å²) in [5.41, 5.74) is 6.97. The van der Waals surface area contributed by atoms with E-state index in [1.165, 1.54) is 0 Å². The highest BCUT2D eigenvalue weighted by molar-refractivity contribution is 5.96. The minimum Gasteiger partial charge on any atom is -0.368 e. The van der Waals surface area contributed by atoms with Gasteiger partial charge in [0.25, 0.3) is 5.91 Å². The number of hydrogen-bond acceptors (Lipinski definition) is 3. The monoisotopic (exact) mass is 314 g/mol. The van der Waals surface area contributed by atoms with Gasteiger partial charge in [-0.2, -0.15) is 5.10 Å². The normalized spacial score (nSPS) is 12.7. The lowest BCUT2D eigenvalue weighted by atomic mass is 10.1. The van der Waals surface area contributed by atoms with E-state index in [0.717, 1.165) is 5.69 Å². The van der Waals surface area contributed by atoms with E-state index in [-0.39, 0.29) is 11.2 Å². The van der Waals surface area contributed by atoms with Gasteiger partial charge in [-0.1, -0.05) is 30.3 Å². The van der Waals surface area contributed by atoms with Crippen LogP contribution in [0, 0.1) is 6.92 Å². The Morgan fingerprint density at radius 1 is 1.22 bits per heavy atom. The summed E-state index contributed by atoms with van der Waals surface area (Å²) in [6.07, 6.45) is 0. The van der Waals surface area contributed by atoms with Gasteiger partial charge >= 0.3 is 0 Å². The molecule has 3 N–H and O–H groups in total. The Labute approximate surface area is 135 Å². The molecule has 0 saturated carbocycles. The molecule has 6 nitrogen and oxygen atoms in total. The molecule has 23 heavy (non-hydrogen) atoms. The van der Waals surface area contributed by atoms with E-state index in [0.29, 0.717) is 5.56 Å². The maximum Gasteiger partial charge on any atom is 0.272 e. The Morgan fingerprint density at radius 2 is 1.83 bits per heavy atom. The zero-order valence-electron chi connectivity index (χ0n) is 13.8. The Hall–Kier alpha value is -2.63. The number of benzene rings is 1. The molecule has 122 valence electrons. The van der Waals surface area contributed by atoms with Crippen LogP contribution in [0.15, 0.2) is 36.4 Å². The van der Waals surface area contributed by atoms with E-state index in [1.807, 2.05) is 33.8 Å². The van der Waals surface area contributed by atoms with Gasteiger partial charge in [-0.25, -0.2) is 0 Å². The van der Waals surface area contributed by atoms with Crippen LogP contribution in [0.1, 0.15) is 48.6 Å². The maximum atomic E-state index is 12.4. The van der Waals surface area contributed by atoms with Crippen LogP contribution in [0.4, 0.5) is 0 Å². The molecule has 0 fully saturated rings. The summed E-state index contributed by atoms with van der Waals surface area (Å²) in [6, 6.07) is 9.71. The van der Waals surface area contributed by atoms with E-state index < -0.39 is 17.9 Å². The molecule has 2 amide bonds. The molecular formula is C17H22N4O2. The Balaban J connectivity index is 2.25. The first-order valence-corrected chi connectivity index (χ1v) is 7.42. The molecule has 0 radical (unpaired) electrons. The zero-order valence-corrected chi connectivity index (χ0v) is 13.8. The number of rotatable bonds is 4. The van der Waals surface area contributed by atoms with Crippen molar-refractivity contribution in [2.45, 2.75) is 39.3 Å². The summed E-state index contributed by atoms with van der Waals surface area (Å²) in [4.78, 5) is 24.1. The second kappa shape index (κ2) is 6.24. The third-order valence-corrected chi connectivity index (χ3v) is 3.45. The SMILES string of the molecule is Cc1cc(C(=O)N[C@H](C(N)=O)c2ccccc2)nn1C(C)(C)C. The first-order chi connectivity index (χ1) is 10.7. The number of nitrogens with zero attached hydrogens (tertiary/aromatic N) is 2. The summed E-state index contributed by atoms with van der Waals surface area (Å²) in [6.45, 7) is 7.90. The zero-order chi connectivity index (χ0) is 17.2. The largest absolute Gasteiger partial charge is 0.368 e. The summed E-state index contributed by atoms with van der Waals surface area (Å²) in [7, 11) is 0. The molecule has 2 aromatic rings. The molecule has 1 aromatic carbocycles. The third-order valence-electron chi connectivity index (χ3n) is 3.45. The topological polar surface area (TPSA) is 90.0 Å². The minimum absolute atomic E-state index is 0.231. The van der Waals surface area contributed by atoms with Gasteiger partial charge in [0.05, 0.1) is 5.54 Å². The van der Waals surface area contributed by atoms with Crippen LogP contribution in [-0.2, 0) is 10.3 Å². The van der Waals surface area contributed by atoms with E-state index in [4.69, 9.17) is 5.73 Å². The standard InChI is InChI=1S/C17H22N4O2/c1-11-10-13(20-21(11)17(2,3)4)16(23)19-14(15(18)22)12-8-6-5-7-9-12/h5-10,14H,1-4H3,(H2,18,22)(H,19,23)/t14-/m0/s1. The van der Waals surface area contributed by atoms with Crippen molar-refractivity contribution in [2.24, 2.45) is 5.73 Å². The smallest absolute Gasteiger partial charge is 0.272 e.